The molecule has 0 saturated heterocycles. The van der Waals surface area contributed by atoms with E-state index in [-0.39, 0.29) is 6.04 Å². The summed E-state index contributed by atoms with van der Waals surface area (Å²) in [7, 11) is -3.37. The van der Waals surface area contributed by atoms with Crippen LogP contribution < -0.4 is 5.32 Å². The van der Waals surface area contributed by atoms with E-state index in [0.717, 1.165) is 12.1 Å². The Bertz CT molecular complexity index is 560. The molecule has 2 rings (SSSR count). The average molecular weight is 331 g/mol. The smallest absolute Gasteiger partial charge is 0.252 e. The van der Waals surface area contributed by atoms with Crippen LogP contribution in [0, 0.1) is 5.92 Å². The van der Waals surface area contributed by atoms with Gasteiger partial charge in [0.1, 0.15) is 4.21 Å². The minimum Gasteiger partial charge on any atom is -0.310 e. The van der Waals surface area contributed by atoms with E-state index >= 15 is 0 Å². The fraction of sp³-hybridized carbons (Fsp3) is 0.733. The average Bonchev–Trinajstić information content (AvgIpc) is 3.09. The summed E-state index contributed by atoms with van der Waals surface area (Å²) < 4.78 is 27.7. The monoisotopic (exact) mass is 330 g/mol. The molecule has 0 radical (unpaired) electrons. The number of rotatable bonds is 8. The fourth-order valence-corrected chi connectivity index (χ4v) is 5.33. The normalized spacial score (nSPS) is 16.3. The summed E-state index contributed by atoms with van der Waals surface area (Å²) in [4.78, 5) is 0. The zero-order valence-corrected chi connectivity index (χ0v) is 14.9. The Morgan fingerprint density at radius 3 is 2.52 bits per heavy atom. The molecule has 0 bridgehead atoms. The number of sulfonamides is 1. The number of hydrogen-bond donors (Lipinski definition) is 1. The molecule has 1 aromatic heterocycles. The topological polar surface area (TPSA) is 49.4 Å². The van der Waals surface area contributed by atoms with E-state index < -0.39 is 10.0 Å². The summed E-state index contributed by atoms with van der Waals surface area (Å²) in [6, 6.07) is 2.44. The van der Waals surface area contributed by atoms with Gasteiger partial charge in [0.25, 0.3) is 10.0 Å². The van der Waals surface area contributed by atoms with Crippen molar-refractivity contribution >= 4 is 21.4 Å². The van der Waals surface area contributed by atoms with E-state index in [1.54, 1.807) is 4.31 Å². The Morgan fingerprint density at radius 1 is 1.33 bits per heavy atom. The van der Waals surface area contributed by atoms with Crippen LogP contribution in [0.4, 0.5) is 0 Å². The van der Waals surface area contributed by atoms with E-state index in [1.807, 2.05) is 39.1 Å². The molecule has 0 aliphatic heterocycles. The lowest BCUT2D eigenvalue weighted by Crippen LogP contribution is -2.39. The molecule has 0 unspecified atom stereocenters. The molecule has 0 spiro atoms. The van der Waals surface area contributed by atoms with Crippen LogP contribution in [0.2, 0.25) is 0 Å². The zero-order chi connectivity index (χ0) is 15.6. The van der Waals surface area contributed by atoms with Crippen LogP contribution in [-0.2, 0) is 16.6 Å². The van der Waals surface area contributed by atoms with Gasteiger partial charge in [-0.15, -0.1) is 11.3 Å². The third kappa shape index (κ3) is 4.52. The second-order valence-electron chi connectivity index (χ2n) is 6.49. The molecular formula is C15H26N2O2S2. The Labute approximate surface area is 132 Å². The maximum atomic E-state index is 12.8. The zero-order valence-electron chi connectivity index (χ0n) is 13.3. The highest BCUT2D eigenvalue weighted by Crippen LogP contribution is 2.27. The first-order chi connectivity index (χ1) is 9.80. The fourth-order valence-electron chi connectivity index (χ4n) is 2.19. The van der Waals surface area contributed by atoms with Crippen LogP contribution in [-0.4, -0.2) is 31.4 Å². The van der Waals surface area contributed by atoms with Crippen LogP contribution >= 0.6 is 11.3 Å². The number of hydrogen-bond acceptors (Lipinski definition) is 4. The van der Waals surface area contributed by atoms with Crippen LogP contribution in [0.5, 0.6) is 0 Å². The van der Waals surface area contributed by atoms with Crippen molar-refractivity contribution in [1.29, 1.82) is 0 Å². The molecule has 1 aromatic rings. The van der Waals surface area contributed by atoms with Crippen LogP contribution in [0.3, 0.4) is 0 Å². The summed E-state index contributed by atoms with van der Waals surface area (Å²) >= 11 is 1.33. The molecule has 1 heterocycles. The minimum atomic E-state index is -3.37. The van der Waals surface area contributed by atoms with Gasteiger partial charge in [0.2, 0.25) is 0 Å². The second-order valence-corrected chi connectivity index (χ2v) is 9.52. The van der Waals surface area contributed by atoms with Crippen molar-refractivity contribution < 1.29 is 8.42 Å². The molecule has 4 nitrogen and oxygen atoms in total. The first-order valence-electron chi connectivity index (χ1n) is 7.63. The van der Waals surface area contributed by atoms with E-state index in [1.165, 1.54) is 24.2 Å². The van der Waals surface area contributed by atoms with E-state index in [0.29, 0.717) is 22.7 Å². The summed E-state index contributed by atoms with van der Waals surface area (Å²) in [6.45, 7) is 9.29. The summed E-state index contributed by atoms with van der Waals surface area (Å²) in [5.74, 6) is 0.318. The second kappa shape index (κ2) is 6.77. The lowest BCUT2D eigenvalue weighted by Gasteiger charge is -2.26. The van der Waals surface area contributed by atoms with Crippen molar-refractivity contribution in [1.82, 2.24) is 9.62 Å². The third-order valence-corrected chi connectivity index (χ3v) is 6.99. The largest absolute Gasteiger partial charge is 0.310 e. The van der Waals surface area contributed by atoms with Crippen LogP contribution in [0.1, 0.15) is 46.1 Å². The van der Waals surface area contributed by atoms with Crippen molar-refractivity contribution in [2.24, 2.45) is 5.92 Å². The van der Waals surface area contributed by atoms with E-state index in [9.17, 15) is 8.42 Å². The highest BCUT2D eigenvalue weighted by molar-refractivity contribution is 7.91. The van der Waals surface area contributed by atoms with Gasteiger partial charge < -0.3 is 5.32 Å². The number of nitrogens with zero attached hydrogens (tertiary/aromatic N) is 1. The standard InChI is InChI=1S/C15H26N2O2S2/c1-11(2)9-17(12(3)4)21(18,19)15-7-13(10-20-15)8-16-14-5-6-14/h7,10-12,14,16H,5-6,8-9H2,1-4H3. The first-order valence-corrected chi connectivity index (χ1v) is 9.95. The van der Waals surface area contributed by atoms with Crippen molar-refractivity contribution in [3.8, 4) is 0 Å². The number of thiophene rings is 1. The Morgan fingerprint density at radius 2 is 2.00 bits per heavy atom. The third-order valence-electron chi connectivity index (χ3n) is 3.49. The van der Waals surface area contributed by atoms with Gasteiger partial charge in [0, 0.05) is 25.2 Å². The Balaban J connectivity index is 2.12. The predicted molar refractivity (Wildman–Crippen MR) is 88.0 cm³/mol. The maximum absolute atomic E-state index is 12.8. The van der Waals surface area contributed by atoms with Crippen molar-refractivity contribution in [2.45, 2.75) is 63.4 Å². The lowest BCUT2D eigenvalue weighted by molar-refractivity contribution is 0.319. The van der Waals surface area contributed by atoms with Crippen molar-refractivity contribution in [3.63, 3.8) is 0 Å². The van der Waals surface area contributed by atoms with Gasteiger partial charge in [-0.3, -0.25) is 0 Å². The van der Waals surface area contributed by atoms with Crippen molar-refractivity contribution in [2.75, 3.05) is 6.54 Å². The summed E-state index contributed by atoms with van der Waals surface area (Å²) in [5, 5.41) is 5.37. The summed E-state index contributed by atoms with van der Waals surface area (Å²) in [5.41, 5.74) is 1.07. The minimum absolute atomic E-state index is 0.0208. The Kier molecular flexibility index (Phi) is 5.46. The highest BCUT2D eigenvalue weighted by atomic mass is 32.2. The lowest BCUT2D eigenvalue weighted by atomic mass is 10.2. The SMILES string of the molecule is CC(C)CN(C(C)C)S(=O)(=O)c1cc(CNC2CC2)cs1. The van der Waals surface area contributed by atoms with Gasteiger partial charge in [0.15, 0.2) is 0 Å². The molecule has 1 fully saturated rings. The van der Waals surface area contributed by atoms with Crippen molar-refractivity contribution in [3.05, 3.63) is 17.0 Å². The van der Waals surface area contributed by atoms with Gasteiger partial charge in [-0.1, -0.05) is 13.8 Å². The predicted octanol–water partition coefficient (Wildman–Crippen LogP) is 3.06. The van der Waals surface area contributed by atoms with Gasteiger partial charge in [-0.05, 0) is 49.6 Å². The van der Waals surface area contributed by atoms with Gasteiger partial charge in [-0.2, -0.15) is 4.31 Å². The van der Waals surface area contributed by atoms with Gasteiger partial charge in [-0.25, -0.2) is 8.42 Å². The molecule has 1 aliphatic rings. The highest BCUT2D eigenvalue weighted by Gasteiger charge is 2.29. The molecule has 120 valence electrons. The maximum Gasteiger partial charge on any atom is 0.252 e. The molecule has 6 heteroatoms. The molecule has 0 aromatic carbocycles. The summed E-state index contributed by atoms with van der Waals surface area (Å²) in [6.07, 6.45) is 2.48. The van der Waals surface area contributed by atoms with Crippen LogP contribution in [0.15, 0.2) is 15.7 Å². The molecule has 1 aliphatic carbocycles. The van der Waals surface area contributed by atoms with Gasteiger partial charge in [0.05, 0.1) is 0 Å². The van der Waals surface area contributed by atoms with E-state index in [2.05, 4.69) is 5.32 Å². The van der Waals surface area contributed by atoms with E-state index in [4.69, 9.17) is 0 Å². The van der Waals surface area contributed by atoms with Crippen LogP contribution in [0.25, 0.3) is 0 Å². The molecule has 0 amide bonds. The molecule has 1 N–H and O–H groups in total. The quantitative estimate of drug-likeness (QED) is 0.797. The number of nitrogens with one attached hydrogen (secondary N) is 1. The molecule has 21 heavy (non-hydrogen) atoms. The Hall–Kier alpha value is -0.430. The first kappa shape index (κ1) is 16.9. The van der Waals surface area contributed by atoms with Gasteiger partial charge >= 0.3 is 0 Å². The molecule has 0 atom stereocenters. The molecular weight excluding hydrogens is 304 g/mol. The molecule has 1 saturated carbocycles.